The predicted octanol–water partition coefficient (Wildman–Crippen LogP) is 1.07. The number of carbonyl (C=O) groups excluding carboxylic acids is 1. The molecule has 3 rings (SSSR count). The first kappa shape index (κ1) is 18.4. The highest BCUT2D eigenvalue weighted by molar-refractivity contribution is 5.93. The van der Waals surface area contributed by atoms with E-state index in [2.05, 4.69) is 20.2 Å². The molecule has 3 aromatic heterocycles. The molecular formula is C20H22N4O3. The van der Waals surface area contributed by atoms with Crippen molar-refractivity contribution in [3.05, 3.63) is 73.5 Å². The van der Waals surface area contributed by atoms with E-state index in [1.54, 1.807) is 19.2 Å². The quantitative estimate of drug-likeness (QED) is 0.588. The summed E-state index contributed by atoms with van der Waals surface area (Å²) < 4.78 is 5.11. The van der Waals surface area contributed by atoms with Gasteiger partial charge in [0.25, 0.3) is 5.56 Å². The zero-order valence-electron chi connectivity index (χ0n) is 15.6. The maximum absolute atomic E-state index is 12.2. The second-order valence-corrected chi connectivity index (χ2v) is 6.16. The largest absolute Gasteiger partial charge is 0.462 e. The smallest absolute Gasteiger partial charge is 0.340 e. The fourth-order valence-electron chi connectivity index (χ4n) is 2.98. The minimum absolute atomic E-state index is 0.230. The van der Waals surface area contributed by atoms with Crippen LogP contribution < -0.4 is 16.1 Å². The lowest BCUT2D eigenvalue weighted by atomic mass is 10.1. The Balaban J connectivity index is 2.04. The normalized spacial score (nSPS) is 12.6. The Labute approximate surface area is 155 Å². The van der Waals surface area contributed by atoms with Gasteiger partial charge in [0.1, 0.15) is 0 Å². The van der Waals surface area contributed by atoms with Crippen molar-refractivity contribution in [1.82, 2.24) is 20.2 Å². The second-order valence-electron chi connectivity index (χ2n) is 6.16. The third-order valence-electron chi connectivity index (χ3n) is 4.33. The average molecular weight is 366 g/mol. The number of hydrogen-bond donors (Lipinski definition) is 3. The molecule has 27 heavy (non-hydrogen) atoms. The van der Waals surface area contributed by atoms with E-state index < -0.39 is 0 Å². The van der Waals surface area contributed by atoms with Crippen LogP contribution in [0.2, 0.25) is 0 Å². The summed E-state index contributed by atoms with van der Waals surface area (Å²) in [5, 5.41) is 6.67. The number of nitrogens with one attached hydrogen (secondary N) is 3. The van der Waals surface area contributed by atoms with Crippen LogP contribution in [0.4, 0.5) is 0 Å². The Morgan fingerprint density at radius 1 is 1.26 bits per heavy atom. The van der Waals surface area contributed by atoms with Crippen molar-refractivity contribution >= 4 is 18.1 Å². The highest BCUT2D eigenvalue weighted by atomic mass is 16.5. The first-order valence-electron chi connectivity index (χ1n) is 8.76. The second kappa shape index (κ2) is 7.90. The maximum Gasteiger partial charge on any atom is 0.340 e. The summed E-state index contributed by atoms with van der Waals surface area (Å²) >= 11 is 0. The van der Waals surface area contributed by atoms with E-state index in [0.717, 1.165) is 11.3 Å². The monoisotopic (exact) mass is 366 g/mol. The number of aryl methyl sites for hydroxylation is 1. The first-order valence-corrected chi connectivity index (χ1v) is 8.76. The van der Waals surface area contributed by atoms with Gasteiger partial charge < -0.3 is 9.72 Å². The molecule has 0 aliphatic carbocycles. The summed E-state index contributed by atoms with van der Waals surface area (Å²) in [5.41, 5.74) is 3.35. The van der Waals surface area contributed by atoms with E-state index in [1.165, 1.54) is 0 Å². The molecule has 0 spiro atoms. The maximum atomic E-state index is 12.2. The number of esters is 1. The molecular weight excluding hydrogens is 344 g/mol. The highest BCUT2D eigenvalue weighted by Gasteiger charge is 2.18. The van der Waals surface area contributed by atoms with Crippen LogP contribution in [0, 0.1) is 13.8 Å². The van der Waals surface area contributed by atoms with Crippen molar-refractivity contribution in [2.45, 2.75) is 27.2 Å². The van der Waals surface area contributed by atoms with Crippen molar-refractivity contribution in [3.8, 4) is 0 Å². The van der Waals surface area contributed by atoms with Crippen molar-refractivity contribution in [1.29, 1.82) is 0 Å². The van der Waals surface area contributed by atoms with Crippen LogP contribution in [0.15, 0.2) is 29.2 Å². The van der Waals surface area contributed by atoms with Gasteiger partial charge in [-0.2, -0.15) is 0 Å². The number of nitrogens with zero attached hydrogens (tertiary/aromatic N) is 1. The Morgan fingerprint density at radius 3 is 2.78 bits per heavy atom. The molecule has 3 heterocycles. The summed E-state index contributed by atoms with van der Waals surface area (Å²) in [7, 11) is 0. The number of pyridine rings is 1. The van der Waals surface area contributed by atoms with E-state index in [9.17, 15) is 9.59 Å². The van der Waals surface area contributed by atoms with Gasteiger partial charge in [-0.05, 0) is 44.5 Å². The molecule has 0 amide bonds. The van der Waals surface area contributed by atoms with Crippen LogP contribution >= 0.6 is 0 Å². The van der Waals surface area contributed by atoms with E-state index in [-0.39, 0.29) is 11.5 Å². The molecule has 3 aromatic rings. The van der Waals surface area contributed by atoms with Gasteiger partial charge in [-0.25, -0.2) is 4.79 Å². The van der Waals surface area contributed by atoms with Gasteiger partial charge in [0, 0.05) is 29.7 Å². The molecule has 0 atom stereocenters. The zero-order valence-corrected chi connectivity index (χ0v) is 15.6. The van der Waals surface area contributed by atoms with Gasteiger partial charge in [-0.15, -0.1) is 0 Å². The van der Waals surface area contributed by atoms with Crippen molar-refractivity contribution < 1.29 is 9.53 Å². The molecule has 0 saturated carbocycles. The predicted molar refractivity (Wildman–Crippen MR) is 103 cm³/mol. The zero-order chi connectivity index (χ0) is 19.4. The molecule has 0 aliphatic rings. The minimum Gasteiger partial charge on any atom is -0.462 e. The van der Waals surface area contributed by atoms with Gasteiger partial charge in [-0.3, -0.25) is 20.0 Å². The van der Waals surface area contributed by atoms with E-state index in [1.807, 2.05) is 38.1 Å². The molecule has 0 aliphatic heterocycles. The van der Waals surface area contributed by atoms with Crippen LogP contribution in [0.3, 0.4) is 0 Å². The van der Waals surface area contributed by atoms with Crippen LogP contribution in [-0.2, 0) is 11.2 Å². The third-order valence-corrected chi connectivity index (χ3v) is 4.33. The van der Waals surface area contributed by atoms with E-state index in [4.69, 9.17) is 4.74 Å². The highest BCUT2D eigenvalue weighted by Crippen LogP contribution is 2.19. The van der Waals surface area contributed by atoms with Crippen LogP contribution in [0.1, 0.15) is 39.9 Å². The van der Waals surface area contributed by atoms with E-state index in [0.29, 0.717) is 40.5 Å². The summed E-state index contributed by atoms with van der Waals surface area (Å²) in [4.78, 5) is 31.8. The van der Waals surface area contributed by atoms with Crippen molar-refractivity contribution in [2.24, 2.45) is 0 Å². The number of rotatable bonds is 5. The molecule has 0 radical (unpaired) electrons. The third kappa shape index (κ3) is 3.92. The lowest BCUT2D eigenvalue weighted by molar-refractivity contribution is 0.0525. The molecule has 0 fully saturated rings. The summed E-state index contributed by atoms with van der Waals surface area (Å²) in [5.74, 6) is -0.367. The van der Waals surface area contributed by atoms with Crippen LogP contribution in [-0.4, -0.2) is 32.7 Å². The molecule has 7 nitrogen and oxygen atoms in total. The van der Waals surface area contributed by atoms with Crippen LogP contribution in [0.5, 0.6) is 0 Å². The molecule has 0 bridgehead atoms. The fraction of sp³-hybridized carbons (Fsp3) is 0.250. The first-order chi connectivity index (χ1) is 13.0. The molecule has 0 aromatic carbocycles. The average Bonchev–Trinajstić information content (AvgIpc) is 3.14. The molecule has 0 unspecified atom stereocenters. The Hall–Kier alpha value is -3.35. The molecule has 3 N–H and O–H groups in total. The number of ether oxygens (including phenoxy) is 1. The van der Waals surface area contributed by atoms with Gasteiger partial charge in [0.15, 0.2) is 0 Å². The minimum atomic E-state index is -0.367. The van der Waals surface area contributed by atoms with Crippen molar-refractivity contribution in [3.63, 3.8) is 0 Å². The lowest BCUT2D eigenvalue weighted by Gasteiger charge is -2.01. The van der Waals surface area contributed by atoms with Gasteiger partial charge in [0.05, 0.1) is 22.7 Å². The number of H-pyrrole nitrogens is 3. The SMILES string of the molecule is CCOC(=O)c1c(C)[nH]c(C=c2c(=O)[nH][nH]c2=CCc2ccccn2)c1C. The number of aromatic nitrogens is 4. The number of aromatic amines is 3. The number of carbonyl (C=O) groups is 1. The lowest BCUT2D eigenvalue weighted by Crippen LogP contribution is -2.33. The van der Waals surface area contributed by atoms with Gasteiger partial charge in [-0.1, -0.05) is 12.1 Å². The summed E-state index contributed by atoms with van der Waals surface area (Å²) in [6, 6.07) is 5.71. The number of hydrogen-bond acceptors (Lipinski definition) is 4. The van der Waals surface area contributed by atoms with E-state index >= 15 is 0 Å². The Morgan fingerprint density at radius 2 is 2.07 bits per heavy atom. The standard InChI is InChI=1S/C20H22N4O3/c1-4-27-20(26)18-12(2)17(22-13(18)3)11-15-16(23-24-19(15)25)9-8-14-7-5-6-10-21-14/h5-7,9-11,22-23H,4,8H2,1-3H3,(H,24,25). The van der Waals surface area contributed by atoms with Gasteiger partial charge >= 0.3 is 5.97 Å². The van der Waals surface area contributed by atoms with Crippen LogP contribution in [0.25, 0.3) is 12.2 Å². The summed E-state index contributed by atoms with van der Waals surface area (Å²) in [6.07, 6.45) is 5.97. The molecule has 7 heteroatoms. The Kier molecular flexibility index (Phi) is 5.40. The fourth-order valence-corrected chi connectivity index (χ4v) is 2.98. The molecule has 0 saturated heterocycles. The molecule has 140 valence electrons. The Bertz CT molecular complexity index is 1120. The van der Waals surface area contributed by atoms with Gasteiger partial charge in [0.2, 0.25) is 0 Å². The van der Waals surface area contributed by atoms with Crippen molar-refractivity contribution in [2.75, 3.05) is 6.61 Å². The topological polar surface area (TPSA) is 104 Å². The summed E-state index contributed by atoms with van der Waals surface area (Å²) in [6.45, 7) is 5.73.